The van der Waals surface area contributed by atoms with Crippen molar-refractivity contribution < 1.29 is 47.8 Å². The minimum Gasteiger partial charge on any atom is -0.457 e. The van der Waals surface area contributed by atoms with Gasteiger partial charge < -0.3 is 24.6 Å². The zero-order chi connectivity index (χ0) is 46.9. The SMILES string of the molecule is CCCCC/C=C\C/C=C\CCCCCCCCCCCC(=O)OC(CO)COP(=O)(O)OCC(CO)OC(=O)CCCCCCCCCCCCCCCCCCCCCCCC. The summed E-state index contributed by atoms with van der Waals surface area (Å²) < 4.78 is 32.8. The summed E-state index contributed by atoms with van der Waals surface area (Å²) in [5.41, 5.74) is 0. The number of carbonyl (C=O) groups excluding carboxylic acids is 2. The number of allylic oxidation sites excluding steroid dienone is 4. The van der Waals surface area contributed by atoms with Crippen LogP contribution in [-0.2, 0) is 32.7 Å². The fourth-order valence-corrected chi connectivity index (χ4v) is 8.58. The van der Waals surface area contributed by atoms with Crippen LogP contribution in [0.5, 0.6) is 0 Å². The van der Waals surface area contributed by atoms with Gasteiger partial charge in [-0.1, -0.05) is 231 Å². The second kappa shape index (κ2) is 49.4. The standard InChI is InChI=1S/C53H101O10P/c1-3-5-7-9-11-13-15-17-19-21-23-24-25-27-29-31-33-35-37-39-41-43-45-53(57)63-51(47-55)49-61-64(58,59)60-48-50(46-54)62-52(56)44-42-40-38-36-34-32-30-28-26-22-20-18-16-14-12-10-8-6-4-2/h12,14,18,20,50-51,54-55H,3-11,13,15-17,19,21-49H2,1-2H3,(H,58,59)/b14-12-,20-18-. The first kappa shape index (κ1) is 62.4. The van der Waals surface area contributed by atoms with E-state index in [4.69, 9.17) is 18.5 Å². The van der Waals surface area contributed by atoms with Crippen LogP contribution in [0.4, 0.5) is 0 Å². The van der Waals surface area contributed by atoms with Crippen molar-refractivity contribution in [2.45, 2.75) is 276 Å². The van der Waals surface area contributed by atoms with Gasteiger partial charge in [-0.2, -0.15) is 0 Å². The van der Waals surface area contributed by atoms with Gasteiger partial charge in [0.15, 0.2) is 0 Å². The van der Waals surface area contributed by atoms with E-state index in [0.29, 0.717) is 12.8 Å². The second-order valence-electron chi connectivity index (χ2n) is 18.2. The molecule has 0 bridgehead atoms. The Labute approximate surface area is 393 Å². The molecule has 0 rings (SSSR count). The molecule has 0 aromatic heterocycles. The molecule has 0 saturated heterocycles. The number of ether oxygens (including phenoxy) is 2. The highest BCUT2D eigenvalue weighted by Gasteiger charge is 2.27. The molecular formula is C53H101O10P. The minimum absolute atomic E-state index is 0.190. The topological polar surface area (TPSA) is 149 Å². The van der Waals surface area contributed by atoms with Gasteiger partial charge in [0.25, 0.3) is 0 Å². The third-order valence-corrected chi connectivity index (χ3v) is 12.9. The third kappa shape index (κ3) is 47.0. The molecule has 11 heteroatoms. The molecule has 0 fully saturated rings. The smallest absolute Gasteiger partial charge is 0.457 e. The van der Waals surface area contributed by atoms with Crippen molar-refractivity contribution in [3.63, 3.8) is 0 Å². The molecule has 0 aliphatic carbocycles. The molecule has 0 aromatic carbocycles. The Morgan fingerprint density at radius 2 is 0.688 bits per heavy atom. The van der Waals surface area contributed by atoms with Crippen LogP contribution in [0.1, 0.15) is 264 Å². The molecule has 0 radical (unpaired) electrons. The maximum Gasteiger partial charge on any atom is 0.472 e. The van der Waals surface area contributed by atoms with Gasteiger partial charge in [-0.3, -0.25) is 18.6 Å². The molecule has 378 valence electrons. The van der Waals surface area contributed by atoms with Gasteiger partial charge in [0.2, 0.25) is 0 Å². The van der Waals surface area contributed by atoms with E-state index in [2.05, 4.69) is 38.2 Å². The molecule has 64 heavy (non-hydrogen) atoms. The number of hydrogen-bond donors (Lipinski definition) is 3. The van der Waals surface area contributed by atoms with E-state index in [0.717, 1.165) is 51.4 Å². The molecule has 0 amide bonds. The van der Waals surface area contributed by atoms with Crippen LogP contribution >= 0.6 is 7.82 Å². The molecule has 10 nitrogen and oxygen atoms in total. The van der Waals surface area contributed by atoms with Crippen LogP contribution in [-0.4, -0.2) is 65.7 Å². The molecule has 0 aliphatic rings. The number of unbranched alkanes of at least 4 members (excludes halogenated alkanes) is 33. The van der Waals surface area contributed by atoms with E-state index in [1.165, 1.54) is 173 Å². The molecule has 3 unspecified atom stereocenters. The fourth-order valence-electron chi connectivity index (χ4n) is 7.80. The van der Waals surface area contributed by atoms with Crippen molar-refractivity contribution in [2.75, 3.05) is 26.4 Å². The van der Waals surface area contributed by atoms with Gasteiger partial charge in [-0.25, -0.2) is 4.57 Å². The summed E-state index contributed by atoms with van der Waals surface area (Å²) in [5, 5.41) is 19.3. The summed E-state index contributed by atoms with van der Waals surface area (Å²) in [6.07, 6.45) is 53.0. The number of hydrogen-bond acceptors (Lipinski definition) is 9. The van der Waals surface area contributed by atoms with Crippen LogP contribution in [0.25, 0.3) is 0 Å². The van der Waals surface area contributed by atoms with Crippen LogP contribution in [0.15, 0.2) is 24.3 Å². The van der Waals surface area contributed by atoms with Gasteiger partial charge in [-0.15, -0.1) is 0 Å². The van der Waals surface area contributed by atoms with Crippen LogP contribution in [0.2, 0.25) is 0 Å². The van der Waals surface area contributed by atoms with Crippen LogP contribution in [0, 0.1) is 0 Å². The van der Waals surface area contributed by atoms with E-state index >= 15 is 0 Å². The zero-order valence-electron chi connectivity index (χ0n) is 41.5. The Bertz CT molecular complexity index is 1110. The average molecular weight is 929 g/mol. The monoisotopic (exact) mass is 929 g/mol. The zero-order valence-corrected chi connectivity index (χ0v) is 42.4. The fraction of sp³-hybridized carbons (Fsp3) is 0.887. The predicted octanol–water partition coefficient (Wildman–Crippen LogP) is 15.3. The van der Waals surface area contributed by atoms with E-state index < -0.39 is 58.4 Å². The van der Waals surface area contributed by atoms with Crippen molar-refractivity contribution in [3.8, 4) is 0 Å². The maximum atomic E-state index is 12.4. The molecule has 0 heterocycles. The molecular weight excluding hydrogens is 828 g/mol. The molecule has 0 saturated carbocycles. The molecule has 0 aliphatic heterocycles. The van der Waals surface area contributed by atoms with Gasteiger partial charge >= 0.3 is 19.8 Å². The number of phosphoric ester groups is 1. The van der Waals surface area contributed by atoms with Crippen molar-refractivity contribution in [3.05, 3.63) is 24.3 Å². The normalized spacial score (nSPS) is 13.8. The number of esters is 2. The Kier molecular flexibility index (Phi) is 48.2. The lowest BCUT2D eigenvalue weighted by atomic mass is 10.0. The number of phosphoric acid groups is 1. The first-order valence-electron chi connectivity index (χ1n) is 26.8. The van der Waals surface area contributed by atoms with Gasteiger partial charge in [-0.05, 0) is 44.9 Å². The van der Waals surface area contributed by atoms with Crippen LogP contribution in [0.3, 0.4) is 0 Å². The lowest BCUT2D eigenvalue weighted by molar-refractivity contribution is -0.153. The second-order valence-corrected chi connectivity index (χ2v) is 19.7. The van der Waals surface area contributed by atoms with E-state index in [1.54, 1.807) is 0 Å². The summed E-state index contributed by atoms with van der Waals surface area (Å²) in [6, 6.07) is 0. The summed E-state index contributed by atoms with van der Waals surface area (Å²) in [7, 11) is -4.64. The van der Waals surface area contributed by atoms with E-state index in [9.17, 15) is 29.3 Å². The van der Waals surface area contributed by atoms with Crippen molar-refractivity contribution in [1.29, 1.82) is 0 Å². The van der Waals surface area contributed by atoms with Gasteiger partial charge in [0.05, 0.1) is 26.4 Å². The number of aliphatic hydroxyl groups excluding tert-OH is 2. The highest BCUT2D eigenvalue weighted by atomic mass is 31.2. The van der Waals surface area contributed by atoms with E-state index in [-0.39, 0.29) is 12.8 Å². The number of rotatable bonds is 51. The van der Waals surface area contributed by atoms with Crippen molar-refractivity contribution >= 4 is 19.8 Å². The Morgan fingerprint density at radius 3 is 1.00 bits per heavy atom. The number of aliphatic hydroxyl groups is 2. The van der Waals surface area contributed by atoms with Crippen molar-refractivity contribution in [1.82, 2.24) is 0 Å². The molecule has 3 atom stereocenters. The summed E-state index contributed by atoms with van der Waals surface area (Å²) in [5.74, 6) is -1.01. The average Bonchev–Trinajstić information content (AvgIpc) is 3.29. The lowest BCUT2D eigenvalue weighted by Gasteiger charge is -2.20. The van der Waals surface area contributed by atoms with Gasteiger partial charge in [0.1, 0.15) is 12.2 Å². The number of carbonyl (C=O) groups is 2. The lowest BCUT2D eigenvalue weighted by Crippen LogP contribution is -2.28. The third-order valence-electron chi connectivity index (χ3n) is 11.9. The maximum absolute atomic E-state index is 12.4. The Morgan fingerprint density at radius 1 is 0.422 bits per heavy atom. The summed E-state index contributed by atoms with van der Waals surface area (Å²) >= 11 is 0. The Hall–Kier alpha value is -1.55. The molecule has 3 N–H and O–H groups in total. The largest absolute Gasteiger partial charge is 0.472 e. The molecule has 0 spiro atoms. The highest BCUT2D eigenvalue weighted by Crippen LogP contribution is 2.43. The first-order valence-corrected chi connectivity index (χ1v) is 28.3. The quantitative estimate of drug-likeness (QED) is 0.0233. The first-order chi connectivity index (χ1) is 31.3. The van der Waals surface area contributed by atoms with Crippen LogP contribution < -0.4 is 0 Å². The minimum atomic E-state index is -4.64. The van der Waals surface area contributed by atoms with E-state index in [1.807, 2.05) is 0 Å². The van der Waals surface area contributed by atoms with Crippen molar-refractivity contribution in [2.24, 2.45) is 0 Å². The summed E-state index contributed by atoms with van der Waals surface area (Å²) in [6.45, 7) is 2.24. The summed E-state index contributed by atoms with van der Waals surface area (Å²) in [4.78, 5) is 34.7. The highest BCUT2D eigenvalue weighted by molar-refractivity contribution is 7.47. The molecule has 0 aromatic rings. The Balaban J connectivity index is 3.79. The van der Waals surface area contributed by atoms with Gasteiger partial charge in [0, 0.05) is 12.8 Å². The predicted molar refractivity (Wildman–Crippen MR) is 265 cm³/mol.